The van der Waals surface area contributed by atoms with E-state index >= 15 is 0 Å². The third-order valence-electron chi connectivity index (χ3n) is 8.46. The molecule has 50 heavy (non-hydrogen) atoms. The molecular weight excluding hydrogens is 632 g/mol. The molecule has 0 aliphatic carbocycles. The van der Waals surface area contributed by atoms with E-state index in [1.807, 2.05) is 38.1 Å². The maximum absolute atomic E-state index is 10.9. The first-order valence-electron chi connectivity index (χ1n) is 17.7. The lowest BCUT2D eigenvalue weighted by molar-refractivity contribution is 0.0954. The second-order valence-corrected chi connectivity index (χ2v) is 13.2. The Morgan fingerprint density at radius 1 is 0.440 bits per heavy atom. The van der Waals surface area contributed by atoms with Crippen LogP contribution in [0.4, 0.5) is 0 Å². The van der Waals surface area contributed by atoms with E-state index in [9.17, 15) is 10.2 Å². The largest absolute Gasteiger partial charge is 0.507 e. The highest BCUT2D eigenvalue weighted by Gasteiger charge is 2.08. The van der Waals surface area contributed by atoms with Gasteiger partial charge < -0.3 is 39.3 Å². The molecule has 0 spiro atoms. The fraction of sp³-hybridized carbons (Fsp3) is 0.579. The van der Waals surface area contributed by atoms with Crippen LogP contribution in [-0.2, 0) is 9.47 Å². The van der Waals surface area contributed by atoms with E-state index in [4.69, 9.17) is 9.47 Å². The molecule has 0 saturated heterocycles. The molecule has 2 N–H and O–H groups in total. The molecular formula is C38H60N8O4. The number of nitrogens with zero attached hydrogens (tertiary/aromatic N) is 8. The van der Waals surface area contributed by atoms with Gasteiger partial charge in [0, 0.05) is 99.5 Å². The van der Waals surface area contributed by atoms with Gasteiger partial charge in [0.25, 0.3) is 0 Å². The fourth-order valence-corrected chi connectivity index (χ4v) is 5.16. The lowest BCUT2D eigenvalue weighted by atomic mass is 10.1. The minimum atomic E-state index is 0.201. The van der Waals surface area contributed by atoms with Crippen LogP contribution in [0.3, 0.4) is 0 Å². The molecule has 276 valence electrons. The van der Waals surface area contributed by atoms with Crippen LogP contribution in [0.1, 0.15) is 33.4 Å². The van der Waals surface area contributed by atoms with Gasteiger partial charge in [-0.05, 0) is 77.4 Å². The number of fused-ring (bicyclic) bond motifs is 4. The summed E-state index contributed by atoms with van der Waals surface area (Å²) >= 11 is 0. The molecule has 1 aliphatic heterocycles. The first kappa shape index (κ1) is 40.9. The summed E-state index contributed by atoms with van der Waals surface area (Å²) in [5.74, 6) is 0.402. The van der Waals surface area contributed by atoms with E-state index in [2.05, 4.69) is 67.8 Å². The number of rotatable bonds is 0. The molecule has 2 aromatic carbocycles. The Kier molecular flexibility index (Phi) is 18.9. The average Bonchev–Trinajstić information content (AvgIpc) is 3.08. The maximum Gasteiger partial charge on any atom is 0.133 e. The number of aromatic hydroxyl groups is 2. The number of ether oxygens (including phenoxy) is 2. The Bertz CT molecular complexity index is 1210. The molecule has 2 aromatic rings. The molecule has 0 fully saturated rings. The Labute approximate surface area is 299 Å². The molecule has 0 radical (unpaired) electrons. The number of hydrogen-bond acceptors (Lipinski definition) is 12. The van der Waals surface area contributed by atoms with Gasteiger partial charge >= 0.3 is 0 Å². The van der Waals surface area contributed by atoms with Gasteiger partial charge in [-0.25, -0.2) is 0 Å². The first-order valence-corrected chi connectivity index (χ1v) is 17.7. The van der Waals surface area contributed by atoms with Gasteiger partial charge in [0.15, 0.2) is 0 Å². The highest BCUT2D eigenvalue weighted by Crippen LogP contribution is 2.23. The van der Waals surface area contributed by atoms with Crippen molar-refractivity contribution >= 4 is 24.9 Å². The number of likely N-dealkylation sites (N-methyl/N-ethyl adjacent to an activating group) is 4. The van der Waals surface area contributed by atoms with Crippen LogP contribution in [0.15, 0.2) is 44.2 Å². The second kappa shape index (κ2) is 23.0. The predicted octanol–water partition coefficient (Wildman–Crippen LogP) is 2.86. The predicted molar refractivity (Wildman–Crippen MR) is 207 cm³/mol. The molecule has 1 heterocycles. The Morgan fingerprint density at radius 2 is 0.680 bits per heavy atom. The molecule has 12 nitrogen and oxygen atoms in total. The molecule has 0 aromatic heterocycles. The van der Waals surface area contributed by atoms with Gasteiger partial charge in [-0.2, -0.15) is 0 Å². The summed E-state index contributed by atoms with van der Waals surface area (Å²) in [5.41, 5.74) is 4.89. The van der Waals surface area contributed by atoms with Crippen LogP contribution in [-0.4, -0.2) is 188 Å². The zero-order valence-corrected chi connectivity index (χ0v) is 31.2. The van der Waals surface area contributed by atoms with Gasteiger partial charge in [-0.15, -0.1) is 0 Å². The van der Waals surface area contributed by atoms with E-state index < -0.39 is 0 Å². The molecule has 4 bridgehead atoms. The van der Waals surface area contributed by atoms with Gasteiger partial charge in [-0.1, -0.05) is 0 Å². The zero-order valence-electron chi connectivity index (χ0n) is 31.2. The van der Waals surface area contributed by atoms with Crippen LogP contribution < -0.4 is 0 Å². The quantitative estimate of drug-likeness (QED) is 0.433. The summed E-state index contributed by atoms with van der Waals surface area (Å²) in [6.07, 6.45) is 7.00. The average molecular weight is 693 g/mol. The van der Waals surface area contributed by atoms with Gasteiger partial charge in [0.05, 0.1) is 52.6 Å². The van der Waals surface area contributed by atoms with E-state index in [0.717, 1.165) is 63.5 Å². The number of benzene rings is 2. The van der Waals surface area contributed by atoms with Gasteiger partial charge in [-0.3, -0.25) is 20.0 Å². The van der Waals surface area contributed by atoms with Crippen molar-refractivity contribution < 1.29 is 19.7 Å². The first-order chi connectivity index (χ1) is 24.1. The molecule has 0 unspecified atom stereocenters. The highest BCUT2D eigenvalue weighted by molar-refractivity contribution is 5.93. The van der Waals surface area contributed by atoms with Gasteiger partial charge in [0.2, 0.25) is 0 Å². The number of hydrogen-bond donors (Lipinski definition) is 2. The van der Waals surface area contributed by atoms with Crippen LogP contribution in [0, 0.1) is 13.8 Å². The SMILES string of the molecule is Cc1cc2c(O)c(c1)C=NCCN(C)CCOCCN(C)CCN=Cc1cc(C)cc(c1O)C=NCCN(C)CCOCCN(C)CCN=C2. The van der Waals surface area contributed by atoms with E-state index in [1.54, 1.807) is 24.9 Å². The molecule has 0 atom stereocenters. The summed E-state index contributed by atoms with van der Waals surface area (Å²) in [5, 5.41) is 21.7. The highest BCUT2D eigenvalue weighted by atomic mass is 16.5. The lowest BCUT2D eigenvalue weighted by Crippen LogP contribution is -2.29. The molecule has 1 aliphatic rings. The minimum Gasteiger partial charge on any atom is -0.507 e. The zero-order chi connectivity index (χ0) is 36.1. The van der Waals surface area contributed by atoms with Crippen molar-refractivity contribution in [2.24, 2.45) is 20.0 Å². The van der Waals surface area contributed by atoms with E-state index in [0.29, 0.717) is 74.9 Å². The van der Waals surface area contributed by atoms with E-state index in [-0.39, 0.29) is 11.5 Å². The van der Waals surface area contributed by atoms with Crippen molar-refractivity contribution in [2.45, 2.75) is 13.8 Å². The summed E-state index contributed by atoms with van der Waals surface area (Å²) in [6.45, 7) is 15.5. The second-order valence-electron chi connectivity index (χ2n) is 13.2. The Hall–Kier alpha value is -3.52. The van der Waals surface area contributed by atoms with Crippen molar-refractivity contribution in [1.82, 2.24) is 19.6 Å². The Morgan fingerprint density at radius 3 is 0.920 bits per heavy atom. The van der Waals surface area contributed by atoms with Gasteiger partial charge in [0.1, 0.15) is 11.5 Å². The van der Waals surface area contributed by atoms with Crippen molar-refractivity contribution in [2.75, 3.05) is 133 Å². The van der Waals surface area contributed by atoms with Crippen molar-refractivity contribution in [3.05, 3.63) is 57.6 Å². The van der Waals surface area contributed by atoms with Crippen molar-refractivity contribution in [1.29, 1.82) is 0 Å². The maximum atomic E-state index is 10.9. The number of phenolic OH excluding ortho intramolecular Hbond substituents is 2. The van der Waals surface area contributed by atoms with Crippen LogP contribution >= 0.6 is 0 Å². The van der Waals surface area contributed by atoms with Crippen LogP contribution in [0.2, 0.25) is 0 Å². The van der Waals surface area contributed by atoms with E-state index in [1.165, 1.54) is 0 Å². The number of aliphatic imine (C=N–C) groups is 4. The smallest absolute Gasteiger partial charge is 0.133 e. The third kappa shape index (κ3) is 16.0. The molecule has 0 amide bonds. The standard InChI is InChI=1S/C38H60N8O4/c1-31-23-33-27-39-7-11-43(3)15-19-49-21-17-45(5)13-9-41-29-35-25-32(2)26-36(38(35)48)30-42-10-14-46(6)18-22-50-20-16-44(4)12-8-40-28-34(24-31)37(33)47/h23-30,47-48H,7-22H2,1-6H3. The summed E-state index contributed by atoms with van der Waals surface area (Å²) < 4.78 is 11.8. The van der Waals surface area contributed by atoms with Crippen molar-refractivity contribution in [3.63, 3.8) is 0 Å². The summed E-state index contributed by atoms with van der Waals surface area (Å²) in [4.78, 5) is 27.1. The molecule has 3 rings (SSSR count). The molecule has 12 heteroatoms. The topological polar surface area (TPSA) is 121 Å². The van der Waals surface area contributed by atoms with Crippen molar-refractivity contribution in [3.8, 4) is 11.5 Å². The summed E-state index contributed by atoms with van der Waals surface area (Å²) in [7, 11) is 8.24. The monoisotopic (exact) mass is 692 g/mol. The summed E-state index contributed by atoms with van der Waals surface area (Å²) in [6, 6.07) is 7.77. The third-order valence-corrected chi connectivity index (χ3v) is 8.46. The Balaban J connectivity index is 1.57. The normalized spacial score (nSPS) is 19.5. The fourth-order valence-electron chi connectivity index (χ4n) is 5.16. The number of phenols is 2. The van der Waals surface area contributed by atoms with Crippen LogP contribution in [0.25, 0.3) is 0 Å². The number of aryl methyl sites for hydroxylation is 2. The minimum absolute atomic E-state index is 0.201. The lowest BCUT2D eigenvalue weighted by Gasteiger charge is -2.18. The molecule has 0 saturated carbocycles. The van der Waals surface area contributed by atoms with Crippen LogP contribution in [0.5, 0.6) is 11.5 Å².